The van der Waals surface area contributed by atoms with Crippen LogP contribution in [-0.2, 0) is 6.42 Å². The number of hydrogen-bond donors (Lipinski definition) is 2. The van der Waals surface area contributed by atoms with Crippen molar-refractivity contribution in [2.45, 2.75) is 20.3 Å². The van der Waals surface area contributed by atoms with Crippen molar-refractivity contribution in [1.82, 2.24) is 5.32 Å². The molecule has 0 aliphatic rings. The zero-order chi connectivity index (χ0) is 10.4. The van der Waals surface area contributed by atoms with E-state index < -0.39 is 0 Å². The Labute approximate surface area is 90.7 Å². The van der Waals surface area contributed by atoms with Gasteiger partial charge in [-0.1, -0.05) is 25.1 Å². The Morgan fingerprint density at radius 2 is 2.00 bits per heavy atom. The first-order chi connectivity index (χ1) is 6.77. The third-order valence-electron chi connectivity index (χ3n) is 1.98. The minimum atomic E-state index is 0.688. The Balaban J connectivity index is 2.70. The van der Waals surface area contributed by atoms with Gasteiger partial charge in [0.15, 0.2) is 5.11 Å². The minimum Gasteiger partial charge on any atom is -0.363 e. The summed E-state index contributed by atoms with van der Waals surface area (Å²) in [6, 6.07) is 8.20. The van der Waals surface area contributed by atoms with E-state index in [1.165, 1.54) is 5.56 Å². The second kappa shape index (κ2) is 5.60. The second-order valence-electron chi connectivity index (χ2n) is 3.00. The number of rotatable bonds is 3. The Kier molecular flexibility index (Phi) is 4.40. The van der Waals surface area contributed by atoms with Gasteiger partial charge < -0.3 is 10.6 Å². The fraction of sp³-hybridized carbons (Fsp3) is 0.364. The molecular formula is C11H16N2S. The van der Waals surface area contributed by atoms with Crippen LogP contribution in [0.25, 0.3) is 0 Å². The van der Waals surface area contributed by atoms with E-state index in [9.17, 15) is 0 Å². The van der Waals surface area contributed by atoms with E-state index in [4.69, 9.17) is 12.2 Å². The van der Waals surface area contributed by atoms with Gasteiger partial charge in [-0.2, -0.15) is 0 Å². The lowest BCUT2D eigenvalue weighted by Crippen LogP contribution is -2.28. The fourth-order valence-corrected chi connectivity index (χ4v) is 1.53. The zero-order valence-electron chi connectivity index (χ0n) is 8.63. The van der Waals surface area contributed by atoms with Crippen LogP contribution in [0.1, 0.15) is 19.4 Å². The maximum Gasteiger partial charge on any atom is 0.170 e. The summed E-state index contributed by atoms with van der Waals surface area (Å²) < 4.78 is 0. The molecule has 1 aromatic carbocycles. The van der Waals surface area contributed by atoms with E-state index in [1.54, 1.807) is 0 Å². The average Bonchev–Trinajstić information content (AvgIpc) is 2.19. The van der Waals surface area contributed by atoms with Crippen LogP contribution >= 0.6 is 12.2 Å². The van der Waals surface area contributed by atoms with Crippen LogP contribution in [0, 0.1) is 0 Å². The predicted octanol–water partition coefficient (Wildman–Crippen LogP) is 2.56. The number of para-hydroxylation sites is 1. The highest BCUT2D eigenvalue weighted by molar-refractivity contribution is 7.80. The number of aryl methyl sites for hydroxylation is 1. The molecule has 0 heterocycles. The molecule has 0 bridgehead atoms. The quantitative estimate of drug-likeness (QED) is 0.747. The van der Waals surface area contributed by atoms with Gasteiger partial charge in [0.1, 0.15) is 0 Å². The van der Waals surface area contributed by atoms with Gasteiger partial charge in [-0.25, -0.2) is 0 Å². The SMILES string of the molecule is CCNC(=S)Nc1ccccc1CC. The predicted molar refractivity (Wildman–Crippen MR) is 65.7 cm³/mol. The number of thiocarbonyl (C=S) groups is 1. The molecule has 0 aromatic heterocycles. The minimum absolute atomic E-state index is 0.688. The summed E-state index contributed by atoms with van der Waals surface area (Å²) in [6.45, 7) is 5.01. The Hall–Kier alpha value is -1.09. The lowest BCUT2D eigenvalue weighted by atomic mass is 10.1. The van der Waals surface area contributed by atoms with Crippen molar-refractivity contribution in [2.75, 3.05) is 11.9 Å². The molecule has 3 heteroatoms. The van der Waals surface area contributed by atoms with Crippen LogP contribution in [0.3, 0.4) is 0 Å². The summed E-state index contributed by atoms with van der Waals surface area (Å²) >= 11 is 5.12. The van der Waals surface area contributed by atoms with Crippen LogP contribution in [-0.4, -0.2) is 11.7 Å². The number of benzene rings is 1. The summed E-state index contributed by atoms with van der Waals surface area (Å²) in [5.41, 5.74) is 2.38. The van der Waals surface area contributed by atoms with Crippen LogP contribution in [0.15, 0.2) is 24.3 Å². The van der Waals surface area contributed by atoms with E-state index in [0.29, 0.717) is 5.11 Å². The molecule has 14 heavy (non-hydrogen) atoms. The lowest BCUT2D eigenvalue weighted by molar-refractivity contribution is 0.978. The molecule has 0 unspecified atom stereocenters. The third-order valence-corrected chi connectivity index (χ3v) is 2.23. The van der Waals surface area contributed by atoms with Crippen molar-refractivity contribution >= 4 is 23.0 Å². The van der Waals surface area contributed by atoms with Crippen LogP contribution in [0.2, 0.25) is 0 Å². The third kappa shape index (κ3) is 3.00. The van der Waals surface area contributed by atoms with Gasteiger partial charge in [-0.15, -0.1) is 0 Å². The Morgan fingerprint density at radius 3 is 2.64 bits per heavy atom. The Morgan fingerprint density at radius 1 is 1.29 bits per heavy atom. The monoisotopic (exact) mass is 208 g/mol. The molecule has 2 nitrogen and oxygen atoms in total. The zero-order valence-corrected chi connectivity index (χ0v) is 9.45. The number of nitrogens with one attached hydrogen (secondary N) is 2. The maximum atomic E-state index is 5.12. The van der Waals surface area contributed by atoms with Crippen molar-refractivity contribution in [3.8, 4) is 0 Å². The van der Waals surface area contributed by atoms with Gasteiger partial charge in [0.2, 0.25) is 0 Å². The average molecular weight is 208 g/mol. The second-order valence-corrected chi connectivity index (χ2v) is 3.40. The van der Waals surface area contributed by atoms with Crippen LogP contribution < -0.4 is 10.6 Å². The molecule has 0 amide bonds. The van der Waals surface area contributed by atoms with Crippen molar-refractivity contribution in [1.29, 1.82) is 0 Å². The Bertz CT molecular complexity index is 310. The summed E-state index contributed by atoms with van der Waals surface area (Å²) in [6.07, 6.45) is 1.01. The first kappa shape index (κ1) is 11.0. The van der Waals surface area contributed by atoms with Crippen LogP contribution in [0.5, 0.6) is 0 Å². The molecule has 0 radical (unpaired) electrons. The molecule has 0 aliphatic heterocycles. The van der Waals surface area contributed by atoms with Gasteiger partial charge in [0, 0.05) is 12.2 Å². The molecule has 0 saturated heterocycles. The van der Waals surface area contributed by atoms with Crippen LogP contribution in [0.4, 0.5) is 5.69 Å². The summed E-state index contributed by atoms with van der Waals surface area (Å²) in [5, 5.41) is 6.94. The summed E-state index contributed by atoms with van der Waals surface area (Å²) in [7, 11) is 0. The molecule has 0 atom stereocenters. The first-order valence-corrected chi connectivity index (χ1v) is 5.31. The summed E-state index contributed by atoms with van der Waals surface area (Å²) in [5.74, 6) is 0. The van der Waals surface area contributed by atoms with Gasteiger partial charge in [-0.3, -0.25) is 0 Å². The largest absolute Gasteiger partial charge is 0.363 e. The highest BCUT2D eigenvalue weighted by atomic mass is 32.1. The van der Waals surface area contributed by atoms with Gasteiger partial charge in [0.05, 0.1) is 0 Å². The molecular weight excluding hydrogens is 192 g/mol. The molecule has 2 N–H and O–H groups in total. The molecule has 0 saturated carbocycles. The normalized spacial score (nSPS) is 9.57. The van der Waals surface area contributed by atoms with E-state index in [2.05, 4.69) is 23.6 Å². The van der Waals surface area contributed by atoms with Crippen molar-refractivity contribution in [3.63, 3.8) is 0 Å². The van der Waals surface area contributed by atoms with Crippen molar-refractivity contribution in [2.24, 2.45) is 0 Å². The van der Waals surface area contributed by atoms with Gasteiger partial charge in [-0.05, 0) is 37.2 Å². The molecule has 1 aromatic rings. The van der Waals surface area contributed by atoms with Crippen molar-refractivity contribution < 1.29 is 0 Å². The van der Waals surface area contributed by atoms with E-state index >= 15 is 0 Å². The van der Waals surface area contributed by atoms with Crippen molar-refractivity contribution in [3.05, 3.63) is 29.8 Å². The molecule has 0 fully saturated rings. The van der Waals surface area contributed by atoms with Gasteiger partial charge >= 0.3 is 0 Å². The van der Waals surface area contributed by atoms with E-state index in [-0.39, 0.29) is 0 Å². The number of anilines is 1. The van der Waals surface area contributed by atoms with Gasteiger partial charge in [0.25, 0.3) is 0 Å². The smallest absolute Gasteiger partial charge is 0.170 e. The van der Waals surface area contributed by atoms with E-state index in [1.807, 2.05) is 25.1 Å². The highest BCUT2D eigenvalue weighted by Gasteiger charge is 2.00. The lowest BCUT2D eigenvalue weighted by Gasteiger charge is -2.11. The topological polar surface area (TPSA) is 24.1 Å². The maximum absolute atomic E-state index is 5.12. The highest BCUT2D eigenvalue weighted by Crippen LogP contribution is 2.14. The molecule has 0 aliphatic carbocycles. The molecule has 76 valence electrons. The fourth-order valence-electron chi connectivity index (χ4n) is 1.28. The molecule has 0 spiro atoms. The van der Waals surface area contributed by atoms with E-state index in [0.717, 1.165) is 18.7 Å². The first-order valence-electron chi connectivity index (χ1n) is 4.90. The molecule has 1 rings (SSSR count). The standard InChI is InChI=1S/C11H16N2S/c1-3-9-7-5-6-8-10(9)13-11(14)12-4-2/h5-8H,3-4H2,1-2H3,(H2,12,13,14). The number of hydrogen-bond acceptors (Lipinski definition) is 1. The summed E-state index contributed by atoms with van der Waals surface area (Å²) in [4.78, 5) is 0.